The van der Waals surface area contributed by atoms with E-state index in [2.05, 4.69) is 45.1 Å². The lowest BCUT2D eigenvalue weighted by Crippen LogP contribution is -2.50. The van der Waals surface area contributed by atoms with Crippen LogP contribution < -0.4 is 5.32 Å². The Morgan fingerprint density at radius 3 is 2.26 bits per heavy atom. The van der Waals surface area contributed by atoms with Crippen LogP contribution in [0.1, 0.15) is 77.0 Å². The van der Waals surface area contributed by atoms with Gasteiger partial charge in [-0.1, -0.05) is 59.1 Å². The summed E-state index contributed by atoms with van der Waals surface area (Å²) in [5, 5.41) is 3.06. The molecule has 1 N–H and O–H groups in total. The van der Waals surface area contributed by atoms with Gasteiger partial charge >= 0.3 is 6.03 Å². The molecule has 1 aromatic carbocycles. The van der Waals surface area contributed by atoms with Gasteiger partial charge in [0.25, 0.3) is 0 Å². The van der Waals surface area contributed by atoms with E-state index in [9.17, 15) is 9.59 Å². The molecule has 1 aromatic heterocycles. The number of nitrogens with zero attached hydrogens (tertiary/aromatic N) is 3. The molecule has 0 radical (unpaired) electrons. The Bertz CT molecular complexity index is 926. The number of hydrogen-bond acceptors (Lipinski definition) is 2. The third-order valence-electron chi connectivity index (χ3n) is 6.75. The Morgan fingerprint density at radius 1 is 1.03 bits per heavy atom. The summed E-state index contributed by atoms with van der Waals surface area (Å²) in [4.78, 5) is 30.7. The molecule has 34 heavy (non-hydrogen) atoms. The van der Waals surface area contributed by atoms with Gasteiger partial charge in [-0.15, -0.1) is 0 Å². The first-order valence-corrected chi connectivity index (χ1v) is 12.8. The maximum Gasteiger partial charge on any atom is 0.322 e. The summed E-state index contributed by atoms with van der Waals surface area (Å²) >= 11 is 0. The zero-order valence-corrected chi connectivity index (χ0v) is 21.6. The van der Waals surface area contributed by atoms with Gasteiger partial charge in [0.2, 0.25) is 5.91 Å². The van der Waals surface area contributed by atoms with Crippen LogP contribution >= 0.6 is 0 Å². The number of aromatic nitrogens is 1. The number of carbonyl (C=O) groups is 2. The maximum atomic E-state index is 13.5. The second-order valence-electron chi connectivity index (χ2n) is 10.4. The zero-order chi connectivity index (χ0) is 24.7. The van der Waals surface area contributed by atoms with Crippen molar-refractivity contribution >= 4 is 17.6 Å². The highest BCUT2D eigenvalue weighted by molar-refractivity contribution is 5.92. The molecular weight excluding hydrogens is 424 g/mol. The van der Waals surface area contributed by atoms with Crippen molar-refractivity contribution in [3.63, 3.8) is 0 Å². The highest BCUT2D eigenvalue weighted by atomic mass is 16.2. The first-order chi connectivity index (χ1) is 16.2. The van der Waals surface area contributed by atoms with Crippen molar-refractivity contribution < 1.29 is 9.59 Å². The van der Waals surface area contributed by atoms with Crippen LogP contribution in [0.5, 0.6) is 0 Å². The average molecular weight is 467 g/mol. The van der Waals surface area contributed by atoms with Gasteiger partial charge in [0.15, 0.2) is 0 Å². The number of hydrogen-bond donors (Lipinski definition) is 1. The molecule has 0 atom stereocenters. The second-order valence-corrected chi connectivity index (χ2v) is 10.4. The molecule has 1 aliphatic carbocycles. The summed E-state index contributed by atoms with van der Waals surface area (Å²) in [5.74, 6) is 0.795. The van der Waals surface area contributed by atoms with Gasteiger partial charge < -0.3 is 19.7 Å². The van der Waals surface area contributed by atoms with Crippen LogP contribution in [0.25, 0.3) is 0 Å². The Kier molecular flexibility index (Phi) is 9.20. The molecule has 1 saturated carbocycles. The molecule has 0 unspecified atom stereocenters. The fourth-order valence-corrected chi connectivity index (χ4v) is 4.70. The predicted molar refractivity (Wildman–Crippen MR) is 139 cm³/mol. The van der Waals surface area contributed by atoms with E-state index in [0.29, 0.717) is 24.9 Å². The lowest BCUT2D eigenvalue weighted by Gasteiger charge is -2.35. The van der Waals surface area contributed by atoms with Crippen molar-refractivity contribution in [2.45, 2.75) is 78.3 Å². The number of carbonyl (C=O) groups excluding carboxylic acids is 2. The molecule has 0 aliphatic heterocycles. The standard InChI is InChI=1S/C28H42N4O2/c1-21(2)18-31(19-26-12-9-17-30(26)5)27(33)20-32(25-10-7-6-8-11-25)28(34)29-24-15-13-23(14-16-24)22(3)4/h9,12-17,21-22,25H,6-8,10-11,18-20H2,1-5H3,(H,29,34). The minimum absolute atomic E-state index is 0.00535. The number of rotatable bonds is 9. The van der Waals surface area contributed by atoms with Gasteiger partial charge in [-0.3, -0.25) is 4.79 Å². The third kappa shape index (κ3) is 7.12. The maximum absolute atomic E-state index is 13.5. The number of anilines is 1. The quantitative estimate of drug-likeness (QED) is 0.493. The molecule has 0 bridgehead atoms. The molecule has 3 rings (SSSR count). The van der Waals surface area contributed by atoms with Crippen LogP contribution in [-0.4, -0.2) is 45.4 Å². The molecule has 0 saturated heterocycles. The van der Waals surface area contributed by atoms with Crippen molar-refractivity contribution in [2.24, 2.45) is 13.0 Å². The third-order valence-corrected chi connectivity index (χ3v) is 6.75. The summed E-state index contributed by atoms with van der Waals surface area (Å²) < 4.78 is 2.05. The van der Waals surface area contributed by atoms with E-state index in [1.807, 2.05) is 47.0 Å². The van der Waals surface area contributed by atoms with Gasteiger partial charge in [-0.2, -0.15) is 0 Å². The zero-order valence-electron chi connectivity index (χ0n) is 21.6. The highest BCUT2D eigenvalue weighted by Crippen LogP contribution is 2.24. The van der Waals surface area contributed by atoms with Crippen molar-refractivity contribution in [1.82, 2.24) is 14.4 Å². The van der Waals surface area contributed by atoms with Gasteiger partial charge in [-0.05, 0) is 54.5 Å². The van der Waals surface area contributed by atoms with Crippen molar-refractivity contribution in [2.75, 3.05) is 18.4 Å². The van der Waals surface area contributed by atoms with Crippen LogP contribution in [0.2, 0.25) is 0 Å². The Balaban J connectivity index is 1.76. The molecule has 0 spiro atoms. The summed E-state index contributed by atoms with van der Waals surface area (Å²) in [6.07, 6.45) is 7.31. The van der Waals surface area contributed by atoms with E-state index in [4.69, 9.17) is 0 Å². The molecule has 6 nitrogen and oxygen atoms in total. The highest BCUT2D eigenvalue weighted by Gasteiger charge is 2.29. The molecule has 1 aliphatic rings. The lowest BCUT2D eigenvalue weighted by molar-refractivity contribution is -0.133. The molecule has 1 fully saturated rings. The van der Waals surface area contributed by atoms with E-state index in [1.54, 1.807) is 4.90 Å². The van der Waals surface area contributed by atoms with Gasteiger partial charge in [0.05, 0.1) is 6.54 Å². The number of aryl methyl sites for hydroxylation is 1. The van der Waals surface area contributed by atoms with E-state index in [1.165, 1.54) is 12.0 Å². The van der Waals surface area contributed by atoms with Gasteiger partial charge in [0.1, 0.15) is 6.54 Å². The van der Waals surface area contributed by atoms with Crippen molar-refractivity contribution in [3.8, 4) is 0 Å². The van der Waals surface area contributed by atoms with Gasteiger partial charge in [0, 0.05) is 37.2 Å². The summed E-state index contributed by atoms with van der Waals surface area (Å²) in [7, 11) is 2.00. The van der Waals surface area contributed by atoms with Crippen molar-refractivity contribution in [3.05, 3.63) is 53.9 Å². The smallest absolute Gasteiger partial charge is 0.322 e. The van der Waals surface area contributed by atoms with Crippen LogP contribution in [-0.2, 0) is 18.4 Å². The van der Waals surface area contributed by atoms with Crippen LogP contribution in [0.4, 0.5) is 10.5 Å². The van der Waals surface area contributed by atoms with Crippen LogP contribution in [0.15, 0.2) is 42.6 Å². The Hall–Kier alpha value is -2.76. The Labute approximate surface area is 205 Å². The summed E-state index contributed by atoms with van der Waals surface area (Å²) in [5.41, 5.74) is 3.10. The van der Waals surface area contributed by atoms with Crippen molar-refractivity contribution in [1.29, 1.82) is 0 Å². The predicted octanol–water partition coefficient (Wildman–Crippen LogP) is 6.00. The number of nitrogens with one attached hydrogen (secondary N) is 1. The summed E-state index contributed by atoms with van der Waals surface area (Å²) in [6.45, 7) is 9.88. The van der Waals surface area contributed by atoms with E-state index in [0.717, 1.165) is 37.1 Å². The number of urea groups is 1. The van der Waals surface area contributed by atoms with Crippen LogP contribution in [0.3, 0.4) is 0 Å². The van der Waals surface area contributed by atoms with Crippen LogP contribution in [0, 0.1) is 5.92 Å². The second kappa shape index (κ2) is 12.1. The summed E-state index contributed by atoms with van der Waals surface area (Å²) in [6, 6.07) is 12.0. The topological polar surface area (TPSA) is 57.6 Å². The molecule has 6 heteroatoms. The van der Waals surface area contributed by atoms with E-state index >= 15 is 0 Å². The molecule has 2 aromatic rings. The fraction of sp³-hybridized carbons (Fsp3) is 0.571. The monoisotopic (exact) mass is 466 g/mol. The lowest BCUT2D eigenvalue weighted by atomic mass is 9.94. The minimum Gasteiger partial charge on any atom is -0.353 e. The number of amides is 3. The first-order valence-electron chi connectivity index (χ1n) is 12.8. The molecule has 1 heterocycles. The van der Waals surface area contributed by atoms with E-state index in [-0.39, 0.29) is 24.5 Å². The molecule has 186 valence electrons. The molecule has 3 amide bonds. The Morgan fingerprint density at radius 2 is 1.71 bits per heavy atom. The SMILES string of the molecule is CC(C)CN(Cc1cccn1C)C(=O)CN(C(=O)Nc1ccc(C(C)C)cc1)C1CCCCC1. The minimum atomic E-state index is -0.180. The van der Waals surface area contributed by atoms with E-state index < -0.39 is 0 Å². The molecular formula is C28H42N4O2. The fourth-order valence-electron chi connectivity index (χ4n) is 4.70. The van der Waals surface area contributed by atoms with Gasteiger partial charge in [-0.25, -0.2) is 4.79 Å². The number of benzene rings is 1. The largest absolute Gasteiger partial charge is 0.353 e. The average Bonchev–Trinajstić information content (AvgIpc) is 3.21. The normalized spacial score (nSPS) is 14.4. The first kappa shape index (κ1) is 25.9.